The molecule has 0 saturated heterocycles. The topological polar surface area (TPSA) is 38.9 Å². The summed E-state index contributed by atoms with van der Waals surface area (Å²) in [6, 6.07) is 10.2. The zero-order chi connectivity index (χ0) is 11.6. The zero-order valence-corrected chi connectivity index (χ0v) is 10.4. The molecule has 0 saturated carbocycles. The third-order valence-corrected chi connectivity index (χ3v) is 3.13. The van der Waals surface area contributed by atoms with Crippen LogP contribution in [0.25, 0.3) is 0 Å². The van der Waals surface area contributed by atoms with Crippen molar-refractivity contribution >= 4 is 11.8 Å². The lowest BCUT2D eigenvalue weighted by molar-refractivity contribution is 0.361. The molecule has 1 aromatic heterocycles. The van der Waals surface area contributed by atoms with Crippen LogP contribution in [0.2, 0.25) is 0 Å². The monoisotopic (exact) mass is 234 g/mol. The van der Waals surface area contributed by atoms with E-state index in [4.69, 9.17) is 4.42 Å². The van der Waals surface area contributed by atoms with Gasteiger partial charge in [0.2, 0.25) is 5.89 Å². The van der Waals surface area contributed by atoms with E-state index >= 15 is 0 Å². The van der Waals surface area contributed by atoms with E-state index in [0.29, 0.717) is 11.1 Å². The second-order valence-corrected chi connectivity index (χ2v) is 4.83. The maximum atomic E-state index is 5.59. The first kappa shape index (κ1) is 11.2. The van der Waals surface area contributed by atoms with E-state index < -0.39 is 0 Å². The predicted molar refractivity (Wildman–Crippen MR) is 64.6 cm³/mol. The van der Waals surface area contributed by atoms with E-state index in [1.54, 1.807) is 0 Å². The van der Waals surface area contributed by atoms with Crippen molar-refractivity contribution in [2.24, 2.45) is 0 Å². The molecule has 0 radical (unpaired) electrons. The number of nitrogens with zero attached hydrogens (tertiary/aromatic N) is 2. The first-order valence-electron chi connectivity index (χ1n) is 5.08. The molecule has 0 amide bonds. The molecule has 1 aromatic carbocycles. The number of benzene rings is 1. The van der Waals surface area contributed by atoms with Gasteiger partial charge in [-0.1, -0.05) is 42.1 Å². The van der Waals surface area contributed by atoms with Gasteiger partial charge in [-0.2, -0.15) is 0 Å². The van der Waals surface area contributed by atoms with Crippen molar-refractivity contribution in [3.63, 3.8) is 0 Å². The van der Waals surface area contributed by atoms with Crippen LogP contribution in [0.15, 0.2) is 40.0 Å². The van der Waals surface area contributed by atoms with Crippen LogP contribution >= 0.6 is 11.8 Å². The average Bonchev–Trinajstić information content (AvgIpc) is 2.79. The van der Waals surface area contributed by atoms with Crippen molar-refractivity contribution in [2.45, 2.75) is 24.5 Å². The van der Waals surface area contributed by atoms with Crippen molar-refractivity contribution in [3.05, 3.63) is 41.8 Å². The molecule has 0 aliphatic carbocycles. The van der Waals surface area contributed by atoms with Gasteiger partial charge in [-0.15, -0.1) is 10.2 Å². The maximum absolute atomic E-state index is 5.59. The zero-order valence-electron chi connectivity index (χ0n) is 9.60. The highest BCUT2D eigenvalue weighted by atomic mass is 32.2. The van der Waals surface area contributed by atoms with Gasteiger partial charge in [-0.25, -0.2) is 0 Å². The first-order valence-corrected chi connectivity index (χ1v) is 6.30. The molecular formula is C12H14N2OS. The van der Waals surface area contributed by atoms with E-state index in [9.17, 15) is 0 Å². The van der Waals surface area contributed by atoms with Gasteiger partial charge in [0.05, 0.1) is 5.41 Å². The maximum Gasteiger partial charge on any atom is 0.276 e. The number of hydrogen-bond donors (Lipinski definition) is 0. The Morgan fingerprint density at radius 2 is 1.81 bits per heavy atom. The smallest absolute Gasteiger partial charge is 0.276 e. The molecule has 0 fully saturated rings. The first-order chi connectivity index (χ1) is 7.64. The Balaban J connectivity index is 2.38. The van der Waals surface area contributed by atoms with Crippen LogP contribution in [0, 0.1) is 0 Å². The normalized spacial score (nSPS) is 11.7. The average molecular weight is 234 g/mol. The molecule has 0 unspecified atom stereocenters. The van der Waals surface area contributed by atoms with Gasteiger partial charge in [0.1, 0.15) is 0 Å². The van der Waals surface area contributed by atoms with Crippen LogP contribution in [0.5, 0.6) is 0 Å². The summed E-state index contributed by atoms with van der Waals surface area (Å²) in [6.07, 6.45) is 1.92. The van der Waals surface area contributed by atoms with Crippen molar-refractivity contribution in [3.8, 4) is 0 Å². The van der Waals surface area contributed by atoms with Crippen LogP contribution in [0.4, 0.5) is 0 Å². The van der Waals surface area contributed by atoms with Gasteiger partial charge in [0.15, 0.2) is 0 Å². The SMILES string of the molecule is CSc1nnc(C(C)(C)c2ccccc2)o1. The molecule has 16 heavy (non-hydrogen) atoms. The number of aromatic nitrogens is 2. The Bertz CT molecular complexity index is 465. The largest absolute Gasteiger partial charge is 0.415 e. The number of thioether (sulfide) groups is 1. The van der Waals surface area contributed by atoms with E-state index in [1.165, 1.54) is 17.3 Å². The summed E-state index contributed by atoms with van der Waals surface area (Å²) >= 11 is 1.46. The summed E-state index contributed by atoms with van der Waals surface area (Å²) in [6.45, 7) is 4.17. The highest BCUT2D eigenvalue weighted by Gasteiger charge is 2.29. The Morgan fingerprint density at radius 1 is 1.12 bits per heavy atom. The number of rotatable bonds is 3. The van der Waals surface area contributed by atoms with E-state index in [2.05, 4.69) is 36.2 Å². The highest BCUT2D eigenvalue weighted by molar-refractivity contribution is 7.98. The molecular weight excluding hydrogens is 220 g/mol. The molecule has 1 heterocycles. The van der Waals surface area contributed by atoms with Gasteiger partial charge >= 0.3 is 0 Å². The van der Waals surface area contributed by atoms with E-state index in [1.807, 2.05) is 24.5 Å². The lowest BCUT2D eigenvalue weighted by Crippen LogP contribution is -2.19. The molecule has 4 heteroatoms. The van der Waals surface area contributed by atoms with Gasteiger partial charge in [-0.05, 0) is 25.7 Å². The molecule has 84 valence electrons. The van der Waals surface area contributed by atoms with Crippen LogP contribution in [-0.4, -0.2) is 16.5 Å². The molecule has 2 rings (SSSR count). The molecule has 3 nitrogen and oxygen atoms in total. The second kappa shape index (κ2) is 4.29. The van der Waals surface area contributed by atoms with Gasteiger partial charge in [-0.3, -0.25) is 0 Å². The lowest BCUT2D eigenvalue weighted by Gasteiger charge is -2.20. The van der Waals surface area contributed by atoms with Crippen LogP contribution in [0.3, 0.4) is 0 Å². The molecule has 0 bridgehead atoms. The Labute approximate surface area is 99.3 Å². The summed E-state index contributed by atoms with van der Waals surface area (Å²) in [4.78, 5) is 0. The molecule has 0 N–H and O–H groups in total. The Hall–Kier alpha value is -1.29. The van der Waals surface area contributed by atoms with Gasteiger partial charge in [0, 0.05) is 0 Å². The summed E-state index contributed by atoms with van der Waals surface area (Å²) in [7, 11) is 0. The second-order valence-electron chi connectivity index (χ2n) is 4.07. The molecule has 0 atom stereocenters. The summed E-state index contributed by atoms with van der Waals surface area (Å²) in [5.41, 5.74) is 0.925. The van der Waals surface area contributed by atoms with Crippen LogP contribution in [0.1, 0.15) is 25.3 Å². The lowest BCUT2D eigenvalue weighted by atomic mass is 9.85. The molecule has 0 aliphatic rings. The summed E-state index contributed by atoms with van der Waals surface area (Å²) in [5, 5.41) is 8.68. The van der Waals surface area contributed by atoms with Crippen molar-refractivity contribution in [1.29, 1.82) is 0 Å². The van der Waals surface area contributed by atoms with Crippen molar-refractivity contribution in [2.75, 3.05) is 6.26 Å². The Kier molecular flexibility index (Phi) is 3.01. The van der Waals surface area contributed by atoms with Crippen LogP contribution in [-0.2, 0) is 5.41 Å². The Morgan fingerprint density at radius 3 is 2.38 bits per heavy atom. The van der Waals surface area contributed by atoms with Gasteiger partial charge < -0.3 is 4.42 Å². The highest BCUT2D eigenvalue weighted by Crippen LogP contribution is 2.31. The van der Waals surface area contributed by atoms with E-state index in [-0.39, 0.29) is 5.41 Å². The third kappa shape index (κ3) is 1.97. The fourth-order valence-electron chi connectivity index (χ4n) is 1.52. The molecule has 0 aliphatic heterocycles. The quantitative estimate of drug-likeness (QED) is 0.765. The van der Waals surface area contributed by atoms with Crippen molar-refractivity contribution in [1.82, 2.24) is 10.2 Å². The molecule has 0 spiro atoms. The predicted octanol–water partition coefficient (Wildman–Crippen LogP) is 3.12. The van der Waals surface area contributed by atoms with Crippen molar-refractivity contribution < 1.29 is 4.42 Å². The minimum Gasteiger partial charge on any atom is -0.415 e. The number of hydrogen-bond acceptors (Lipinski definition) is 4. The summed E-state index contributed by atoms with van der Waals surface area (Å²) < 4.78 is 5.59. The van der Waals surface area contributed by atoms with E-state index in [0.717, 1.165) is 0 Å². The fraction of sp³-hybridized carbons (Fsp3) is 0.333. The van der Waals surface area contributed by atoms with Gasteiger partial charge in [0.25, 0.3) is 5.22 Å². The molecule has 2 aromatic rings. The fourth-order valence-corrected chi connectivity index (χ4v) is 1.81. The minimum absolute atomic E-state index is 0.248. The summed E-state index contributed by atoms with van der Waals surface area (Å²) in [5.74, 6) is 0.656. The van der Waals surface area contributed by atoms with Crippen LogP contribution < -0.4 is 0 Å². The standard InChI is InChI=1S/C12H14N2OS/c1-12(2,9-7-5-4-6-8-9)10-13-14-11(15-10)16-3/h4-8H,1-3H3. The minimum atomic E-state index is -0.248. The third-order valence-electron chi connectivity index (χ3n) is 2.61.